The monoisotopic (exact) mass is 387 g/mol. The van der Waals surface area contributed by atoms with Crippen LogP contribution in [0.2, 0.25) is 0 Å². The van der Waals surface area contributed by atoms with Crippen LogP contribution in [0.5, 0.6) is 0 Å². The average Bonchev–Trinajstić information content (AvgIpc) is 3.43. The lowest BCUT2D eigenvalue weighted by atomic mass is 10.2. The molecule has 1 aromatic carbocycles. The van der Waals surface area contributed by atoms with E-state index in [1.54, 1.807) is 6.92 Å². The summed E-state index contributed by atoms with van der Waals surface area (Å²) in [4.78, 5) is 23.9. The van der Waals surface area contributed by atoms with E-state index in [4.69, 9.17) is 0 Å². The first kappa shape index (κ1) is 19.4. The van der Waals surface area contributed by atoms with E-state index in [1.165, 1.54) is 17.3 Å². The minimum Gasteiger partial charge on any atom is -0.355 e. The number of carbonyl (C=O) groups excluding carboxylic acids is 2. The van der Waals surface area contributed by atoms with Gasteiger partial charge in [-0.1, -0.05) is 42.1 Å². The van der Waals surface area contributed by atoms with Gasteiger partial charge in [0.05, 0.1) is 12.3 Å². The van der Waals surface area contributed by atoms with Gasteiger partial charge < -0.3 is 15.2 Å². The van der Waals surface area contributed by atoms with E-state index in [1.807, 2.05) is 25.1 Å². The zero-order valence-electron chi connectivity index (χ0n) is 15.6. The van der Waals surface area contributed by atoms with Crippen LogP contribution in [0.3, 0.4) is 0 Å². The summed E-state index contributed by atoms with van der Waals surface area (Å²) in [7, 11) is 0. The summed E-state index contributed by atoms with van der Waals surface area (Å²) in [5, 5.41) is 14.8. The fraction of sp³-hybridized carbons (Fsp3) is 0.474. The quantitative estimate of drug-likeness (QED) is 0.642. The Morgan fingerprint density at radius 1 is 1.26 bits per heavy atom. The number of hydrogen-bond donors (Lipinski definition) is 2. The highest BCUT2D eigenvalue weighted by Crippen LogP contribution is 2.40. The topological polar surface area (TPSA) is 88.9 Å². The summed E-state index contributed by atoms with van der Waals surface area (Å²) in [5.41, 5.74) is 1.18. The van der Waals surface area contributed by atoms with Crippen LogP contribution in [0.1, 0.15) is 44.0 Å². The van der Waals surface area contributed by atoms with E-state index >= 15 is 0 Å². The third-order valence-corrected chi connectivity index (χ3v) is 5.29. The van der Waals surface area contributed by atoms with Crippen molar-refractivity contribution in [2.24, 2.45) is 0 Å². The van der Waals surface area contributed by atoms with Gasteiger partial charge in [0.2, 0.25) is 11.8 Å². The standard InChI is InChI=1S/C19H25N5O2S/c1-3-20-18(26)13(2)21-16(25)12-27-19-23-22-17(15-9-10-15)24(19)11-14-7-5-4-6-8-14/h4-8,13,15H,3,9-12H2,1-2H3,(H,20,26)(H,21,25)/t13-/m0/s1. The number of thioether (sulfide) groups is 1. The van der Waals surface area contributed by atoms with E-state index in [0.29, 0.717) is 19.0 Å². The number of likely N-dealkylation sites (N-methyl/N-ethyl adjacent to an activating group) is 1. The van der Waals surface area contributed by atoms with Crippen LogP contribution in [-0.2, 0) is 16.1 Å². The van der Waals surface area contributed by atoms with Gasteiger partial charge in [-0.15, -0.1) is 10.2 Å². The summed E-state index contributed by atoms with van der Waals surface area (Å²) in [6.45, 7) is 4.76. The molecule has 0 radical (unpaired) electrons. The molecule has 27 heavy (non-hydrogen) atoms. The molecule has 0 unspecified atom stereocenters. The molecular formula is C19H25N5O2S. The van der Waals surface area contributed by atoms with Crippen LogP contribution in [0, 0.1) is 0 Å². The van der Waals surface area contributed by atoms with Gasteiger partial charge in [0.25, 0.3) is 0 Å². The Balaban J connectivity index is 1.63. The number of rotatable bonds is 9. The first-order valence-corrected chi connectivity index (χ1v) is 10.2. The Morgan fingerprint density at radius 2 is 2.00 bits per heavy atom. The van der Waals surface area contributed by atoms with Crippen molar-refractivity contribution in [3.8, 4) is 0 Å². The smallest absolute Gasteiger partial charge is 0.242 e. The van der Waals surface area contributed by atoms with Gasteiger partial charge >= 0.3 is 0 Å². The van der Waals surface area contributed by atoms with Gasteiger partial charge in [-0.05, 0) is 32.3 Å². The second kappa shape index (κ2) is 9.03. The molecule has 0 spiro atoms. The van der Waals surface area contributed by atoms with Crippen molar-refractivity contribution in [2.45, 2.75) is 50.4 Å². The maximum absolute atomic E-state index is 12.2. The minimum atomic E-state index is -0.553. The fourth-order valence-electron chi connectivity index (χ4n) is 2.77. The Kier molecular flexibility index (Phi) is 6.49. The van der Waals surface area contributed by atoms with Crippen molar-refractivity contribution in [3.63, 3.8) is 0 Å². The maximum atomic E-state index is 12.2. The average molecular weight is 388 g/mol. The summed E-state index contributed by atoms with van der Waals surface area (Å²) in [6.07, 6.45) is 2.28. The van der Waals surface area contributed by atoms with Crippen LogP contribution in [0.15, 0.2) is 35.5 Å². The number of aromatic nitrogens is 3. The van der Waals surface area contributed by atoms with Gasteiger partial charge in [0.15, 0.2) is 5.16 Å². The van der Waals surface area contributed by atoms with Crippen molar-refractivity contribution >= 4 is 23.6 Å². The molecule has 2 aromatic rings. The van der Waals surface area contributed by atoms with Crippen LogP contribution in [0.4, 0.5) is 0 Å². The van der Waals surface area contributed by atoms with Gasteiger partial charge in [-0.2, -0.15) is 0 Å². The first-order chi connectivity index (χ1) is 13.1. The van der Waals surface area contributed by atoms with Crippen molar-refractivity contribution in [1.29, 1.82) is 0 Å². The molecule has 2 amide bonds. The minimum absolute atomic E-state index is 0.181. The molecule has 0 bridgehead atoms. The van der Waals surface area contributed by atoms with Crippen molar-refractivity contribution in [2.75, 3.05) is 12.3 Å². The molecule has 1 aliphatic carbocycles. The van der Waals surface area contributed by atoms with E-state index in [-0.39, 0.29) is 17.6 Å². The lowest BCUT2D eigenvalue weighted by Crippen LogP contribution is -2.45. The Bertz CT molecular complexity index is 789. The predicted octanol–water partition coefficient (Wildman–Crippen LogP) is 1.94. The molecule has 3 rings (SSSR count). The molecule has 1 atom stereocenters. The van der Waals surface area contributed by atoms with Crippen molar-refractivity contribution in [1.82, 2.24) is 25.4 Å². The highest BCUT2D eigenvalue weighted by molar-refractivity contribution is 7.99. The molecule has 1 aromatic heterocycles. The normalized spacial score (nSPS) is 14.6. The van der Waals surface area contributed by atoms with Crippen molar-refractivity contribution < 1.29 is 9.59 Å². The second-order valence-corrected chi connectivity index (χ2v) is 7.60. The molecular weight excluding hydrogens is 362 g/mol. The second-order valence-electron chi connectivity index (χ2n) is 6.66. The Hall–Kier alpha value is -2.35. The number of carbonyl (C=O) groups is 2. The fourth-order valence-corrected chi connectivity index (χ4v) is 3.53. The van der Waals surface area contributed by atoms with Crippen LogP contribution in [0.25, 0.3) is 0 Å². The lowest BCUT2D eigenvalue weighted by Gasteiger charge is -2.13. The molecule has 1 aliphatic rings. The van der Waals surface area contributed by atoms with E-state index in [2.05, 4.69) is 37.5 Å². The lowest BCUT2D eigenvalue weighted by molar-refractivity contribution is -0.127. The molecule has 0 aliphatic heterocycles. The number of hydrogen-bond acceptors (Lipinski definition) is 5. The number of nitrogens with zero attached hydrogens (tertiary/aromatic N) is 3. The molecule has 0 saturated heterocycles. The van der Waals surface area contributed by atoms with Crippen molar-refractivity contribution in [3.05, 3.63) is 41.7 Å². The molecule has 144 valence electrons. The van der Waals surface area contributed by atoms with Gasteiger partial charge in [-0.25, -0.2) is 0 Å². The van der Waals surface area contributed by atoms with Gasteiger partial charge in [-0.3, -0.25) is 9.59 Å². The molecule has 1 saturated carbocycles. The number of amides is 2. The molecule has 2 N–H and O–H groups in total. The SMILES string of the molecule is CCNC(=O)[C@H](C)NC(=O)CSc1nnc(C2CC2)n1Cc1ccccc1. The third-order valence-electron chi connectivity index (χ3n) is 4.33. The highest BCUT2D eigenvalue weighted by atomic mass is 32.2. The third kappa shape index (κ3) is 5.32. The summed E-state index contributed by atoms with van der Waals surface area (Å²) < 4.78 is 2.11. The highest BCUT2D eigenvalue weighted by Gasteiger charge is 2.30. The number of nitrogens with one attached hydrogen (secondary N) is 2. The molecule has 1 fully saturated rings. The number of benzene rings is 1. The zero-order chi connectivity index (χ0) is 19.2. The van der Waals surface area contributed by atoms with Gasteiger partial charge in [0, 0.05) is 12.5 Å². The summed E-state index contributed by atoms with van der Waals surface area (Å²) >= 11 is 1.35. The van der Waals surface area contributed by atoms with Crippen LogP contribution in [-0.4, -0.2) is 44.9 Å². The molecule has 8 heteroatoms. The predicted molar refractivity (Wildman–Crippen MR) is 105 cm³/mol. The van der Waals surface area contributed by atoms with E-state index in [9.17, 15) is 9.59 Å². The summed E-state index contributed by atoms with van der Waals surface area (Å²) in [6, 6.07) is 9.62. The van der Waals surface area contributed by atoms with E-state index in [0.717, 1.165) is 23.8 Å². The van der Waals surface area contributed by atoms with Crippen LogP contribution >= 0.6 is 11.8 Å². The maximum Gasteiger partial charge on any atom is 0.242 e. The Morgan fingerprint density at radius 3 is 2.67 bits per heavy atom. The van der Waals surface area contributed by atoms with E-state index < -0.39 is 6.04 Å². The Labute approximate surface area is 163 Å². The molecule has 1 heterocycles. The first-order valence-electron chi connectivity index (χ1n) is 9.25. The summed E-state index contributed by atoms with van der Waals surface area (Å²) in [5.74, 6) is 1.29. The zero-order valence-corrected chi connectivity index (χ0v) is 16.5. The largest absolute Gasteiger partial charge is 0.355 e. The molecule has 7 nitrogen and oxygen atoms in total. The van der Waals surface area contributed by atoms with Crippen LogP contribution < -0.4 is 10.6 Å². The van der Waals surface area contributed by atoms with Gasteiger partial charge in [0.1, 0.15) is 11.9 Å².